The van der Waals surface area contributed by atoms with Crippen LogP contribution < -0.4 is 0 Å². The second kappa shape index (κ2) is 10.6. The van der Waals surface area contributed by atoms with E-state index < -0.39 is 0 Å². The summed E-state index contributed by atoms with van der Waals surface area (Å²) in [5.41, 5.74) is 0. The molecule has 0 aliphatic carbocycles. The highest BCUT2D eigenvalue weighted by Gasteiger charge is 1.94. The Balaban J connectivity index is 2.95. The third-order valence-electron chi connectivity index (χ3n) is 2.40. The first-order chi connectivity index (χ1) is 6.81. The summed E-state index contributed by atoms with van der Waals surface area (Å²) in [6.45, 7) is 4.12. The van der Waals surface area contributed by atoms with Crippen LogP contribution in [-0.2, 0) is 4.74 Å². The van der Waals surface area contributed by atoms with E-state index in [1.807, 2.05) is 0 Å². The van der Waals surface area contributed by atoms with E-state index in [-0.39, 0.29) is 0 Å². The van der Waals surface area contributed by atoms with Gasteiger partial charge in [-0.2, -0.15) is 0 Å². The van der Waals surface area contributed by atoms with Crippen LogP contribution in [0.4, 0.5) is 0 Å². The maximum Gasteiger partial charge on any atom is 0.0883 e. The molecule has 0 aromatic heterocycles. The van der Waals surface area contributed by atoms with Crippen molar-refractivity contribution >= 4 is 0 Å². The van der Waals surface area contributed by atoms with Crippen LogP contribution in [0, 0.1) is 0 Å². The van der Waals surface area contributed by atoms with Crippen molar-refractivity contribution in [3.8, 4) is 0 Å². The highest BCUT2D eigenvalue weighted by atomic mass is 16.5. The number of allylic oxidation sites excluding steroid dienone is 1. The van der Waals surface area contributed by atoms with Crippen LogP contribution in [0.1, 0.15) is 51.4 Å². The van der Waals surface area contributed by atoms with E-state index in [4.69, 9.17) is 9.84 Å². The van der Waals surface area contributed by atoms with Crippen LogP contribution in [0.25, 0.3) is 0 Å². The van der Waals surface area contributed by atoms with Crippen LogP contribution >= 0.6 is 0 Å². The molecule has 2 nitrogen and oxygen atoms in total. The summed E-state index contributed by atoms with van der Waals surface area (Å²) in [5, 5.41) is 8.57. The predicted molar refractivity (Wildman–Crippen MR) is 60.2 cm³/mol. The van der Waals surface area contributed by atoms with Crippen LogP contribution in [-0.4, -0.2) is 18.8 Å². The lowest BCUT2D eigenvalue weighted by Crippen LogP contribution is -1.86. The first-order valence-corrected chi connectivity index (χ1v) is 5.64. The fourth-order valence-corrected chi connectivity index (χ4v) is 1.42. The molecule has 0 aromatic rings. The standard InChI is InChI=1S/C12H24O2/c1-12(14-2)10-8-6-4-3-5-7-9-11-13/h13H,1,3-11H2,2H3. The maximum atomic E-state index is 8.57. The Bertz CT molecular complexity index is 132. The average Bonchev–Trinajstić information content (AvgIpc) is 2.21. The molecule has 0 fully saturated rings. The highest BCUT2D eigenvalue weighted by molar-refractivity contribution is 4.80. The molecule has 1 N–H and O–H groups in total. The molecular weight excluding hydrogens is 176 g/mol. The molecule has 0 aromatic carbocycles. The zero-order valence-electron chi connectivity index (χ0n) is 9.43. The van der Waals surface area contributed by atoms with E-state index in [9.17, 15) is 0 Å². The molecule has 0 aliphatic rings. The number of rotatable bonds is 10. The van der Waals surface area contributed by atoms with Crippen molar-refractivity contribution in [2.75, 3.05) is 13.7 Å². The Morgan fingerprint density at radius 3 is 2.00 bits per heavy atom. The fraction of sp³-hybridized carbons (Fsp3) is 0.833. The average molecular weight is 200 g/mol. The van der Waals surface area contributed by atoms with E-state index in [2.05, 4.69) is 6.58 Å². The highest BCUT2D eigenvalue weighted by Crippen LogP contribution is 2.11. The lowest BCUT2D eigenvalue weighted by Gasteiger charge is -2.03. The van der Waals surface area contributed by atoms with Gasteiger partial charge in [-0.05, 0) is 12.8 Å². The topological polar surface area (TPSA) is 29.5 Å². The predicted octanol–water partition coefficient (Wildman–Crippen LogP) is 3.26. The Kier molecular flexibility index (Phi) is 10.2. The van der Waals surface area contributed by atoms with E-state index in [0.29, 0.717) is 6.61 Å². The second-order valence-corrected chi connectivity index (χ2v) is 3.69. The van der Waals surface area contributed by atoms with E-state index in [0.717, 1.165) is 18.6 Å². The summed E-state index contributed by atoms with van der Waals surface area (Å²) >= 11 is 0. The van der Waals surface area contributed by atoms with Crippen LogP contribution in [0.2, 0.25) is 0 Å². The Morgan fingerprint density at radius 1 is 1.00 bits per heavy atom. The van der Waals surface area contributed by atoms with Gasteiger partial charge in [0.15, 0.2) is 0 Å². The second-order valence-electron chi connectivity index (χ2n) is 3.69. The molecule has 0 saturated heterocycles. The molecule has 0 unspecified atom stereocenters. The van der Waals surface area contributed by atoms with Crippen molar-refractivity contribution in [3.63, 3.8) is 0 Å². The Hall–Kier alpha value is -0.500. The summed E-state index contributed by atoms with van der Waals surface area (Å²) < 4.78 is 4.99. The summed E-state index contributed by atoms with van der Waals surface area (Å²) in [6, 6.07) is 0. The molecule has 0 saturated carbocycles. The van der Waals surface area contributed by atoms with Gasteiger partial charge in [-0.25, -0.2) is 0 Å². The minimum atomic E-state index is 0.341. The summed E-state index contributed by atoms with van der Waals surface area (Å²) in [5.74, 6) is 0.894. The van der Waals surface area contributed by atoms with Gasteiger partial charge < -0.3 is 9.84 Å². The SMILES string of the molecule is C=C(CCCCCCCCCO)OC. The van der Waals surface area contributed by atoms with Gasteiger partial charge in [-0.1, -0.05) is 38.7 Å². The van der Waals surface area contributed by atoms with Crippen molar-refractivity contribution in [1.29, 1.82) is 0 Å². The molecule has 0 aliphatic heterocycles. The van der Waals surface area contributed by atoms with E-state index in [1.54, 1.807) is 7.11 Å². The molecule has 0 heterocycles. The Morgan fingerprint density at radius 2 is 1.50 bits per heavy atom. The van der Waals surface area contributed by atoms with Crippen molar-refractivity contribution in [2.24, 2.45) is 0 Å². The van der Waals surface area contributed by atoms with Gasteiger partial charge in [0.2, 0.25) is 0 Å². The normalized spacial score (nSPS) is 10.1. The third-order valence-corrected chi connectivity index (χ3v) is 2.40. The zero-order chi connectivity index (χ0) is 10.6. The van der Waals surface area contributed by atoms with Crippen molar-refractivity contribution in [2.45, 2.75) is 51.4 Å². The first-order valence-electron chi connectivity index (χ1n) is 5.64. The summed E-state index contributed by atoms with van der Waals surface area (Å²) in [6.07, 6.45) is 9.41. The Labute approximate surface area is 88.0 Å². The van der Waals surface area contributed by atoms with Gasteiger partial charge in [-0.3, -0.25) is 0 Å². The number of hydrogen-bond donors (Lipinski definition) is 1. The van der Waals surface area contributed by atoms with Gasteiger partial charge in [0.05, 0.1) is 12.9 Å². The number of aliphatic hydroxyl groups is 1. The monoisotopic (exact) mass is 200 g/mol. The minimum Gasteiger partial charge on any atom is -0.502 e. The van der Waals surface area contributed by atoms with Crippen LogP contribution in [0.5, 0.6) is 0 Å². The molecule has 2 heteroatoms. The molecule has 0 bridgehead atoms. The summed E-state index contributed by atoms with van der Waals surface area (Å²) in [7, 11) is 1.68. The first kappa shape index (κ1) is 13.5. The molecule has 14 heavy (non-hydrogen) atoms. The van der Waals surface area contributed by atoms with Crippen molar-refractivity contribution in [3.05, 3.63) is 12.3 Å². The third kappa shape index (κ3) is 9.59. The molecule has 0 radical (unpaired) electrons. The lowest BCUT2D eigenvalue weighted by atomic mass is 10.1. The summed E-state index contributed by atoms with van der Waals surface area (Å²) in [4.78, 5) is 0. The quantitative estimate of drug-likeness (QED) is 0.433. The maximum absolute atomic E-state index is 8.57. The van der Waals surface area contributed by atoms with Crippen molar-refractivity contribution in [1.82, 2.24) is 0 Å². The number of ether oxygens (including phenoxy) is 1. The zero-order valence-corrected chi connectivity index (χ0v) is 9.43. The largest absolute Gasteiger partial charge is 0.502 e. The van der Waals surface area contributed by atoms with Gasteiger partial charge in [0.25, 0.3) is 0 Å². The van der Waals surface area contributed by atoms with E-state index in [1.165, 1.54) is 38.5 Å². The molecule has 0 amide bonds. The van der Waals surface area contributed by atoms with E-state index >= 15 is 0 Å². The van der Waals surface area contributed by atoms with Crippen LogP contribution in [0.15, 0.2) is 12.3 Å². The van der Waals surface area contributed by atoms with Gasteiger partial charge >= 0.3 is 0 Å². The number of aliphatic hydroxyl groups excluding tert-OH is 1. The van der Waals surface area contributed by atoms with Crippen LogP contribution in [0.3, 0.4) is 0 Å². The van der Waals surface area contributed by atoms with Crippen molar-refractivity contribution < 1.29 is 9.84 Å². The lowest BCUT2D eigenvalue weighted by molar-refractivity contribution is 0.275. The number of methoxy groups -OCH3 is 1. The molecular formula is C12H24O2. The van der Waals surface area contributed by atoms with Gasteiger partial charge in [0.1, 0.15) is 0 Å². The number of unbranched alkanes of at least 4 members (excludes halogenated alkanes) is 6. The molecule has 0 spiro atoms. The molecule has 0 rings (SSSR count). The number of hydrogen-bond acceptors (Lipinski definition) is 2. The molecule has 0 atom stereocenters. The minimum absolute atomic E-state index is 0.341. The van der Waals surface area contributed by atoms with Gasteiger partial charge in [0, 0.05) is 13.0 Å². The van der Waals surface area contributed by atoms with Gasteiger partial charge in [-0.15, -0.1) is 0 Å². The fourth-order valence-electron chi connectivity index (χ4n) is 1.42. The smallest absolute Gasteiger partial charge is 0.0883 e. The molecule has 84 valence electrons.